The van der Waals surface area contributed by atoms with E-state index in [0.29, 0.717) is 17.7 Å². The highest BCUT2D eigenvalue weighted by atomic mass is 16.2. The third-order valence-corrected chi connectivity index (χ3v) is 5.88. The first-order chi connectivity index (χ1) is 14.1. The number of hydrogen-bond acceptors (Lipinski definition) is 3. The molecule has 2 heterocycles. The zero-order chi connectivity index (χ0) is 20.2. The normalized spacial score (nSPS) is 17.4. The number of benzene rings is 2. The van der Waals surface area contributed by atoms with Crippen molar-refractivity contribution in [3.8, 4) is 0 Å². The first kappa shape index (κ1) is 19.3. The van der Waals surface area contributed by atoms with E-state index in [0.717, 1.165) is 13.1 Å². The van der Waals surface area contributed by atoms with E-state index in [-0.39, 0.29) is 36.7 Å². The molecule has 0 spiro atoms. The molecule has 2 aliphatic heterocycles. The van der Waals surface area contributed by atoms with Crippen LogP contribution in [0.2, 0.25) is 0 Å². The monoisotopic (exact) mass is 392 g/mol. The molecule has 0 unspecified atom stereocenters. The molecule has 2 aliphatic rings. The summed E-state index contributed by atoms with van der Waals surface area (Å²) in [6.07, 6.45) is 2.54. The summed E-state index contributed by atoms with van der Waals surface area (Å²) in [6, 6.07) is 17.3. The Morgan fingerprint density at radius 2 is 1.52 bits per heavy atom. The molecule has 0 aromatic heterocycles. The lowest BCUT2D eigenvalue weighted by atomic mass is 10.1. The summed E-state index contributed by atoms with van der Waals surface area (Å²) in [7, 11) is 0. The fourth-order valence-corrected chi connectivity index (χ4v) is 4.32. The van der Waals surface area contributed by atoms with E-state index in [1.165, 1.54) is 28.2 Å². The maximum Gasteiger partial charge on any atom is 0.261 e. The van der Waals surface area contributed by atoms with Crippen LogP contribution in [0.1, 0.15) is 51.6 Å². The van der Waals surface area contributed by atoms with Gasteiger partial charge in [0.25, 0.3) is 11.8 Å². The van der Waals surface area contributed by atoms with Crippen molar-refractivity contribution in [1.29, 1.82) is 0 Å². The summed E-state index contributed by atoms with van der Waals surface area (Å²) in [5, 5.41) is 3.02. The molecular formula is C23H26N3O3+. The number of nitrogens with zero attached hydrogens (tertiary/aromatic N) is 1. The first-order valence-electron chi connectivity index (χ1n) is 10.3. The van der Waals surface area contributed by atoms with Crippen molar-refractivity contribution >= 4 is 17.7 Å². The summed E-state index contributed by atoms with van der Waals surface area (Å²) in [5.41, 5.74) is 2.06. The molecule has 29 heavy (non-hydrogen) atoms. The van der Waals surface area contributed by atoms with Crippen LogP contribution in [0.5, 0.6) is 0 Å². The van der Waals surface area contributed by atoms with Gasteiger partial charge in [-0.1, -0.05) is 42.5 Å². The van der Waals surface area contributed by atoms with E-state index in [1.54, 1.807) is 24.3 Å². The fourth-order valence-electron chi connectivity index (χ4n) is 4.32. The topological polar surface area (TPSA) is 70.9 Å². The quantitative estimate of drug-likeness (QED) is 0.696. The van der Waals surface area contributed by atoms with Gasteiger partial charge in [0.2, 0.25) is 5.91 Å². The molecule has 0 radical (unpaired) electrons. The third kappa shape index (κ3) is 4.07. The average molecular weight is 392 g/mol. The van der Waals surface area contributed by atoms with Crippen LogP contribution in [0.15, 0.2) is 54.6 Å². The maximum atomic E-state index is 12.5. The lowest BCUT2D eigenvalue weighted by Gasteiger charge is -2.25. The van der Waals surface area contributed by atoms with Crippen molar-refractivity contribution in [2.45, 2.75) is 25.3 Å². The Labute approximate surface area is 170 Å². The molecule has 0 bridgehead atoms. The van der Waals surface area contributed by atoms with Crippen LogP contribution in [0, 0.1) is 0 Å². The number of imide groups is 1. The van der Waals surface area contributed by atoms with Crippen molar-refractivity contribution in [3.63, 3.8) is 0 Å². The van der Waals surface area contributed by atoms with Crippen LogP contribution in [-0.2, 0) is 4.79 Å². The Morgan fingerprint density at radius 3 is 2.14 bits per heavy atom. The highest BCUT2D eigenvalue weighted by molar-refractivity contribution is 6.21. The Kier molecular flexibility index (Phi) is 5.71. The predicted octanol–water partition coefficient (Wildman–Crippen LogP) is 1.21. The number of nitrogens with one attached hydrogen (secondary N) is 2. The number of hydrogen-bond donors (Lipinski definition) is 2. The van der Waals surface area contributed by atoms with Gasteiger partial charge in [-0.2, -0.15) is 0 Å². The maximum absolute atomic E-state index is 12.5. The Bertz CT molecular complexity index is 872. The molecule has 4 rings (SSSR count). The molecule has 3 amide bonds. The number of carbonyl (C=O) groups is 3. The molecule has 2 aromatic carbocycles. The third-order valence-electron chi connectivity index (χ3n) is 5.88. The average Bonchev–Trinajstić information content (AvgIpc) is 3.36. The van der Waals surface area contributed by atoms with Gasteiger partial charge in [-0.15, -0.1) is 0 Å². The molecule has 6 heteroatoms. The smallest absolute Gasteiger partial charge is 0.261 e. The van der Waals surface area contributed by atoms with Crippen LogP contribution in [-0.4, -0.2) is 48.8 Å². The minimum Gasteiger partial charge on any atom is -0.350 e. The SMILES string of the molecule is O=C(CCN1C(=O)c2ccccc2C1=O)NC[C@@H](c1ccccc1)[NH+]1CCCC1. The van der Waals surface area contributed by atoms with Crippen molar-refractivity contribution in [1.82, 2.24) is 10.2 Å². The molecule has 1 fully saturated rings. The highest BCUT2D eigenvalue weighted by Gasteiger charge is 2.35. The van der Waals surface area contributed by atoms with Gasteiger partial charge in [-0.25, -0.2) is 0 Å². The Hall–Kier alpha value is -2.99. The Balaban J connectivity index is 1.34. The number of rotatable bonds is 7. The van der Waals surface area contributed by atoms with Gasteiger partial charge in [0.15, 0.2) is 0 Å². The van der Waals surface area contributed by atoms with Gasteiger partial charge in [0.05, 0.1) is 30.8 Å². The van der Waals surface area contributed by atoms with Crippen molar-refractivity contribution < 1.29 is 19.3 Å². The zero-order valence-electron chi connectivity index (χ0n) is 16.4. The second-order valence-corrected chi connectivity index (χ2v) is 7.69. The first-order valence-corrected chi connectivity index (χ1v) is 10.3. The van der Waals surface area contributed by atoms with Gasteiger partial charge in [0.1, 0.15) is 6.04 Å². The Morgan fingerprint density at radius 1 is 0.931 bits per heavy atom. The van der Waals surface area contributed by atoms with Crippen molar-refractivity contribution in [2.24, 2.45) is 0 Å². The summed E-state index contributed by atoms with van der Waals surface area (Å²) in [6.45, 7) is 2.89. The van der Waals surface area contributed by atoms with Crippen molar-refractivity contribution in [3.05, 3.63) is 71.3 Å². The van der Waals surface area contributed by atoms with Crippen LogP contribution in [0.4, 0.5) is 0 Å². The van der Waals surface area contributed by atoms with E-state index < -0.39 is 0 Å². The van der Waals surface area contributed by atoms with E-state index in [1.807, 2.05) is 18.2 Å². The number of likely N-dealkylation sites (tertiary alicyclic amines) is 1. The van der Waals surface area contributed by atoms with Gasteiger partial charge in [-0.05, 0) is 12.1 Å². The molecule has 2 aromatic rings. The van der Waals surface area contributed by atoms with Gasteiger partial charge >= 0.3 is 0 Å². The van der Waals surface area contributed by atoms with Gasteiger partial charge < -0.3 is 10.2 Å². The van der Waals surface area contributed by atoms with E-state index in [4.69, 9.17) is 0 Å². The van der Waals surface area contributed by atoms with Crippen LogP contribution < -0.4 is 10.2 Å². The summed E-state index contributed by atoms with van der Waals surface area (Å²) >= 11 is 0. The number of amides is 3. The van der Waals surface area contributed by atoms with Crippen molar-refractivity contribution in [2.75, 3.05) is 26.2 Å². The lowest BCUT2D eigenvalue weighted by Crippen LogP contribution is -3.11. The molecule has 0 aliphatic carbocycles. The summed E-state index contributed by atoms with van der Waals surface area (Å²) < 4.78 is 0. The minimum atomic E-state index is -0.318. The highest BCUT2D eigenvalue weighted by Crippen LogP contribution is 2.22. The summed E-state index contributed by atoms with van der Waals surface area (Å²) in [5.74, 6) is -0.773. The van der Waals surface area contributed by atoms with Crippen LogP contribution in [0.3, 0.4) is 0 Å². The van der Waals surface area contributed by atoms with E-state index in [9.17, 15) is 14.4 Å². The molecule has 0 saturated carbocycles. The largest absolute Gasteiger partial charge is 0.350 e. The van der Waals surface area contributed by atoms with E-state index in [2.05, 4.69) is 17.4 Å². The number of quaternary nitrogens is 1. The second kappa shape index (κ2) is 8.57. The summed E-state index contributed by atoms with van der Waals surface area (Å²) in [4.78, 5) is 40.0. The van der Waals surface area contributed by atoms with Crippen LogP contribution >= 0.6 is 0 Å². The molecular weight excluding hydrogens is 366 g/mol. The predicted molar refractivity (Wildman–Crippen MR) is 109 cm³/mol. The lowest BCUT2D eigenvalue weighted by molar-refractivity contribution is -0.918. The van der Waals surface area contributed by atoms with Gasteiger partial charge in [0, 0.05) is 31.4 Å². The number of fused-ring (bicyclic) bond motifs is 1. The molecule has 150 valence electrons. The second-order valence-electron chi connectivity index (χ2n) is 7.69. The van der Waals surface area contributed by atoms with E-state index >= 15 is 0 Å². The standard InChI is InChI=1S/C23H25N3O3/c27-21(12-15-26-22(28)18-10-4-5-11-19(18)23(26)29)24-16-20(25-13-6-7-14-25)17-8-2-1-3-9-17/h1-5,8-11,20H,6-7,12-16H2,(H,24,27)/p+1/t20-/m0/s1. The minimum absolute atomic E-state index is 0.102. The molecule has 6 nitrogen and oxygen atoms in total. The fraction of sp³-hybridized carbons (Fsp3) is 0.348. The zero-order valence-corrected chi connectivity index (χ0v) is 16.4. The van der Waals surface area contributed by atoms with Gasteiger partial charge in [-0.3, -0.25) is 19.3 Å². The molecule has 1 saturated heterocycles. The number of carbonyl (C=O) groups excluding carboxylic acids is 3. The molecule has 2 N–H and O–H groups in total. The van der Waals surface area contributed by atoms with Crippen LogP contribution in [0.25, 0.3) is 0 Å². The molecule has 1 atom stereocenters.